The van der Waals surface area contributed by atoms with Crippen LogP contribution in [0.3, 0.4) is 0 Å². The van der Waals surface area contributed by atoms with Crippen molar-refractivity contribution in [2.24, 2.45) is 0 Å². The standard InChI is InChI=1S/C21H22ClN3O2/c1-4-24(5-2)16-10-7-15(8-11-16)12-18-20(26)23-25(21(18)27)17-9-6-14(3)19(22)13-17/h6-13H,4-5H2,1-3H3,(H,23,26)/b18-12-. The minimum absolute atomic E-state index is 0.0993. The Bertz CT molecular complexity index is 902. The molecule has 2 aromatic carbocycles. The molecule has 3 rings (SSSR count). The van der Waals surface area contributed by atoms with Crippen LogP contribution < -0.4 is 15.3 Å². The van der Waals surface area contributed by atoms with Gasteiger partial charge in [-0.25, -0.2) is 5.01 Å². The van der Waals surface area contributed by atoms with Crippen LogP contribution in [-0.2, 0) is 9.59 Å². The number of halogens is 1. The number of carbonyl (C=O) groups is 2. The van der Waals surface area contributed by atoms with Gasteiger partial charge in [0.1, 0.15) is 5.57 Å². The van der Waals surface area contributed by atoms with E-state index in [0.717, 1.165) is 29.9 Å². The lowest BCUT2D eigenvalue weighted by molar-refractivity contribution is -0.117. The van der Waals surface area contributed by atoms with Crippen molar-refractivity contribution in [2.75, 3.05) is 23.0 Å². The Morgan fingerprint density at radius 3 is 2.33 bits per heavy atom. The van der Waals surface area contributed by atoms with Crippen molar-refractivity contribution in [1.29, 1.82) is 0 Å². The predicted molar refractivity (Wildman–Crippen MR) is 110 cm³/mol. The molecule has 0 bridgehead atoms. The molecule has 2 aromatic rings. The van der Waals surface area contributed by atoms with E-state index in [-0.39, 0.29) is 5.57 Å². The van der Waals surface area contributed by atoms with E-state index < -0.39 is 11.8 Å². The van der Waals surface area contributed by atoms with Crippen LogP contribution in [0.4, 0.5) is 11.4 Å². The zero-order valence-corrected chi connectivity index (χ0v) is 16.4. The van der Waals surface area contributed by atoms with Crippen LogP contribution in [0.25, 0.3) is 6.08 Å². The summed E-state index contributed by atoms with van der Waals surface area (Å²) in [4.78, 5) is 27.2. The average molecular weight is 384 g/mol. The van der Waals surface area contributed by atoms with Gasteiger partial charge in [0.05, 0.1) is 5.69 Å². The third-order valence-electron chi connectivity index (χ3n) is 4.64. The highest BCUT2D eigenvalue weighted by Crippen LogP contribution is 2.26. The summed E-state index contributed by atoms with van der Waals surface area (Å²) in [5, 5.41) is 1.77. The second-order valence-electron chi connectivity index (χ2n) is 6.34. The van der Waals surface area contributed by atoms with E-state index in [0.29, 0.717) is 10.7 Å². The molecule has 0 aliphatic carbocycles. The number of benzene rings is 2. The topological polar surface area (TPSA) is 52.7 Å². The number of hydrazine groups is 1. The van der Waals surface area contributed by atoms with E-state index in [1.807, 2.05) is 37.3 Å². The molecule has 1 aliphatic heterocycles. The van der Waals surface area contributed by atoms with Crippen LogP contribution in [0, 0.1) is 6.92 Å². The van der Waals surface area contributed by atoms with Gasteiger partial charge < -0.3 is 4.90 Å². The minimum Gasteiger partial charge on any atom is -0.372 e. The first-order valence-corrected chi connectivity index (χ1v) is 9.30. The number of rotatable bonds is 5. The first-order chi connectivity index (χ1) is 12.9. The molecule has 1 aliphatic rings. The SMILES string of the molecule is CCN(CC)c1ccc(/C=C2/C(=O)NN(c3ccc(C)c(Cl)c3)C2=O)cc1. The number of anilines is 2. The fourth-order valence-electron chi connectivity index (χ4n) is 3.00. The molecule has 140 valence electrons. The van der Waals surface area contributed by atoms with E-state index >= 15 is 0 Å². The van der Waals surface area contributed by atoms with Crippen LogP contribution in [0.5, 0.6) is 0 Å². The van der Waals surface area contributed by atoms with Gasteiger partial charge in [-0.1, -0.05) is 29.8 Å². The van der Waals surface area contributed by atoms with Gasteiger partial charge in [-0.05, 0) is 62.2 Å². The molecule has 2 amide bonds. The summed E-state index contributed by atoms with van der Waals surface area (Å²) in [6.07, 6.45) is 1.61. The third kappa shape index (κ3) is 3.83. The number of amides is 2. The highest BCUT2D eigenvalue weighted by atomic mass is 35.5. The number of hydrogen-bond acceptors (Lipinski definition) is 3. The molecule has 0 aromatic heterocycles. The van der Waals surface area contributed by atoms with Gasteiger partial charge in [0.2, 0.25) is 0 Å². The lowest BCUT2D eigenvalue weighted by Gasteiger charge is -2.20. The first-order valence-electron chi connectivity index (χ1n) is 8.93. The van der Waals surface area contributed by atoms with Gasteiger partial charge in [-0.2, -0.15) is 0 Å². The molecule has 27 heavy (non-hydrogen) atoms. The van der Waals surface area contributed by atoms with Gasteiger partial charge in [0, 0.05) is 23.8 Å². The Hall–Kier alpha value is -2.79. The molecule has 1 fully saturated rings. The molecule has 0 radical (unpaired) electrons. The lowest BCUT2D eigenvalue weighted by atomic mass is 10.1. The molecule has 0 spiro atoms. The van der Waals surface area contributed by atoms with Crippen molar-refractivity contribution in [1.82, 2.24) is 5.43 Å². The molecule has 0 saturated carbocycles. The monoisotopic (exact) mass is 383 g/mol. The van der Waals surface area contributed by atoms with Crippen molar-refractivity contribution in [3.63, 3.8) is 0 Å². The molecular formula is C21H22ClN3O2. The number of carbonyl (C=O) groups excluding carboxylic acids is 2. The quantitative estimate of drug-likeness (QED) is 0.628. The number of nitrogens with one attached hydrogen (secondary N) is 1. The second-order valence-corrected chi connectivity index (χ2v) is 6.74. The molecule has 1 heterocycles. The number of hydrogen-bond donors (Lipinski definition) is 1. The zero-order chi connectivity index (χ0) is 19.6. The van der Waals surface area contributed by atoms with Gasteiger partial charge in [-0.3, -0.25) is 15.0 Å². The number of aryl methyl sites for hydroxylation is 1. The Labute approximate surface area is 164 Å². The van der Waals surface area contributed by atoms with Crippen molar-refractivity contribution in [3.05, 3.63) is 64.2 Å². The molecule has 1 saturated heterocycles. The van der Waals surface area contributed by atoms with Gasteiger partial charge >= 0.3 is 0 Å². The second kappa shape index (κ2) is 7.84. The summed E-state index contributed by atoms with van der Waals surface area (Å²) in [7, 11) is 0. The van der Waals surface area contributed by atoms with Crippen LogP contribution in [0.15, 0.2) is 48.0 Å². The summed E-state index contributed by atoms with van der Waals surface area (Å²) < 4.78 is 0. The van der Waals surface area contributed by atoms with Gasteiger partial charge in [0.15, 0.2) is 0 Å². The maximum absolute atomic E-state index is 12.7. The fourth-order valence-corrected chi connectivity index (χ4v) is 3.17. The summed E-state index contributed by atoms with van der Waals surface area (Å²) in [5.41, 5.74) is 6.04. The highest BCUT2D eigenvalue weighted by molar-refractivity contribution is 6.33. The average Bonchev–Trinajstić information content (AvgIpc) is 2.94. The van der Waals surface area contributed by atoms with E-state index in [1.54, 1.807) is 18.2 Å². The van der Waals surface area contributed by atoms with Crippen LogP contribution in [0.1, 0.15) is 25.0 Å². The largest absolute Gasteiger partial charge is 0.372 e. The van der Waals surface area contributed by atoms with E-state index in [4.69, 9.17) is 11.6 Å². The van der Waals surface area contributed by atoms with E-state index in [9.17, 15) is 9.59 Å². The van der Waals surface area contributed by atoms with Crippen molar-refractivity contribution < 1.29 is 9.59 Å². The maximum atomic E-state index is 12.7. The Balaban J connectivity index is 1.85. The lowest BCUT2D eigenvalue weighted by Crippen LogP contribution is -2.35. The van der Waals surface area contributed by atoms with Crippen molar-refractivity contribution >= 4 is 40.9 Å². The molecule has 1 N–H and O–H groups in total. The van der Waals surface area contributed by atoms with Gasteiger partial charge in [0.25, 0.3) is 11.8 Å². The van der Waals surface area contributed by atoms with Gasteiger partial charge in [-0.15, -0.1) is 0 Å². The highest BCUT2D eigenvalue weighted by Gasteiger charge is 2.34. The van der Waals surface area contributed by atoms with Crippen LogP contribution >= 0.6 is 11.6 Å². The molecule has 0 atom stereocenters. The zero-order valence-electron chi connectivity index (χ0n) is 15.6. The Kier molecular flexibility index (Phi) is 5.51. The van der Waals surface area contributed by atoms with Crippen molar-refractivity contribution in [2.45, 2.75) is 20.8 Å². The van der Waals surface area contributed by atoms with Crippen molar-refractivity contribution in [3.8, 4) is 0 Å². The molecule has 5 nitrogen and oxygen atoms in total. The Morgan fingerprint density at radius 1 is 1.07 bits per heavy atom. The maximum Gasteiger partial charge on any atom is 0.282 e. The van der Waals surface area contributed by atoms with Crippen LogP contribution in [0.2, 0.25) is 5.02 Å². The summed E-state index contributed by atoms with van der Waals surface area (Å²) in [6.45, 7) is 7.93. The van der Waals surface area contributed by atoms with E-state index in [1.165, 1.54) is 5.01 Å². The summed E-state index contributed by atoms with van der Waals surface area (Å²) in [5.74, 6) is -0.822. The number of nitrogens with zero attached hydrogens (tertiary/aromatic N) is 2. The smallest absolute Gasteiger partial charge is 0.282 e. The normalized spacial score (nSPS) is 15.4. The summed E-state index contributed by atoms with van der Waals surface area (Å²) >= 11 is 6.14. The fraction of sp³-hybridized carbons (Fsp3) is 0.238. The third-order valence-corrected chi connectivity index (χ3v) is 5.04. The first kappa shape index (κ1) is 19.0. The molecule has 6 heteroatoms. The van der Waals surface area contributed by atoms with Crippen LogP contribution in [-0.4, -0.2) is 24.9 Å². The molecule has 0 unspecified atom stereocenters. The minimum atomic E-state index is -0.426. The molecular weight excluding hydrogens is 362 g/mol. The predicted octanol–water partition coefficient (Wildman–Crippen LogP) is 3.96. The van der Waals surface area contributed by atoms with E-state index in [2.05, 4.69) is 24.2 Å². The summed E-state index contributed by atoms with van der Waals surface area (Å²) in [6, 6.07) is 13.0. The Morgan fingerprint density at radius 2 is 1.74 bits per heavy atom.